The molecule has 5 heteroatoms. The van der Waals surface area contributed by atoms with Crippen LogP contribution in [-0.4, -0.2) is 22.5 Å². The number of nitrogens with one attached hydrogen (secondary N) is 1. The maximum atomic E-state index is 11.1. The fourth-order valence-corrected chi connectivity index (χ4v) is 4.19. The van der Waals surface area contributed by atoms with Crippen molar-refractivity contribution in [3.63, 3.8) is 0 Å². The first-order chi connectivity index (χ1) is 8.43. The first kappa shape index (κ1) is 12.2. The maximum Gasteiger partial charge on any atom is 0.236 e. The van der Waals surface area contributed by atoms with E-state index in [1.54, 1.807) is 0 Å². The lowest BCUT2D eigenvalue weighted by Crippen LogP contribution is -2.32. The van der Waals surface area contributed by atoms with Gasteiger partial charge in [0.15, 0.2) is 5.17 Å². The predicted octanol–water partition coefficient (Wildman–Crippen LogP) is 2.41. The Morgan fingerprint density at radius 3 is 2.61 bits per heavy atom. The highest BCUT2D eigenvalue weighted by Crippen LogP contribution is 2.63. The number of fused-ring (bicyclic) bond motifs is 2. The maximum absolute atomic E-state index is 11.1. The van der Waals surface area contributed by atoms with E-state index in [-0.39, 0.29) is 11.3 Å². The van der Waals surface area contributed by atoms with Crippen LogP contribution in [0.4, 0.5) is 0 Å². The molecule has 0 spiro atoms. The molecule has 0 unspecified atom stereocenters. The molecule has 2 saturated carbocycles. The van der Waals surface area contributed by atoms with E-state index in [4.69, 9.17) is 0 Å². The van der Waals surface area contributed by atoms with Crippen molar-refractivity contribution in [3.05, 3.63) is 0 Å². The van der Waals surface area contributed by atoms with Crippen molar-refractivity contribution < 1.29 is 4.79 Å². The summed E-state index contributed by atoms with van der Waals surface area (Å²) in [6.45, 7) is 7.03. The van der Waals surface area contributed by atoms with Crippen molar-refractivity contribution in [1.82, 2.24) is 5.32 Å². The molecule has 2 bridgehead atoms. The van der Waals surface area contributed by atoms with E-state index >= 15 is 0 Å². The van der Waals surface area contributed by atoms with Crippen LogP contribution in [0.1, 0.15) is 40.0 Å². The third-order valence-electron chi connectivity index (χ3n) is 5.36. The highest BCUT2D eigenvalue weighted by atomic mass is 32.2. The van der Waals surface area contributed by atoms with Crippen molar-refractivity contribution in [1.29, 1.82) is 0 Å². The SMILES string of the molecule is CC1(C)[C@@H]2CC[C@@]1(C)/C(=N/N=C1NC(=O)CS1)C2. The number of hydrogen-bond donors (Lipinski definition) is 1. The van der Waals surface area contributed by atoms with Crippen molar-refractivity contribution in [2.24, 2.45) is 27.0 Å². The molecular formula is C13H19N3OS. The molecule has 3 fully saturated rings. The average Bonchev–Trinajstić information content (AvgIpc) is 2.87. The third kappa shape index (κ3) is 1.56. The van der Waals surface area contributed by atoms with Gasteiger partial charge in [-0.1, -0.05) is 32.5 Å². The molecule has 18 heavy (non-hydrogen) atoms. The van der Waals surface area contributed by atoms with E-state index in [2.05, 4.69) is 36.3 Å². The molecule has 0 aromatic heterocycles. The molecule has 0 aromatic rings. The standard InChI is InChI=1S/C13H19N3OS/c1-12(2)8-4-5-13(12,3)9(6-8)15-16-11-14-10(17)7-18-11/h8H,4-7H2,1-3H3,(H,14,16,17)/b15-9+/t8-,13+/m1/s1. The lowest BCUT2D eigenvalue weighted by atomic mass is 9.70. The minimum Gasteiger partial charge on any atom is -0.303 e. The van der Waals surface area contributed by atoms with Crippen LogP contribution in [-0.2, 0) is 4.79 Å². The Morgan fingerprint density at radius 1 is 1.33 bits per heavy atom. The van der Waals surface area contributed by atoms with Gasteiger partial charge in [-0.15, -0.1) is 5.10 Å². The van der Waals surface area contributed by atoms with Gasteiger partial charge in [0.2, 0.25) is 5.91 Å². The zero-order valence-electron chi connectivity index (χ0n) is 11.1. The Balaban J connectivity index is 1.85. The summed E-state index contributed by atoms with van der Waals surface area (Å²) >= 11 is 1.43. The Hall–Kier alpha value is -0.840. The second-order valence-corrected chi connectivity index (χ2v) is 7.25. The summed E-state index contributed by atoms with van der Waals surface area (Å²) in [5, 5.41) is 12.1. The summed E-state index contributed by atoms with van der Waals surface area (Å²) in [4.78, 5) is 11.1. The van der Waals surface area contributed by atoms with E-state index < -0.39 is 0 Å². The lowest BCUT2D eigenvalue weighted by Gasteiger charge is -2.34. The molecule has 0 radical (unpaired) electrons. The first-order valence-corrected chi connectivity index (χ1v) is 7.50. The van der Waals surface area contributed by atoms with Gasteiger partial charge in [0.05, 0.1) is 5.75 Å². The van der Waals surface area contributed by atoms with Crippen LogP contribution in [0.15, 0.2) is 10.2 Å². The zero-order valence-corrected chi connectivity index (χ0v) is 11.9. The van der Waals surface area contributed by atoms with Gasteiger partial charge >= 0.3 is 0 Å². The summed E-state index contributed by atoms with van der Waals surface area (Å²) in [5.74, 6) is 1.24. The molecule has 1 heterocycles. The largest absolute Gasteiger partial charge is 0.303 e. The predicted molar refractivity (Wildman–Crippen MR) is 74.7 cm³/mol. The molecule has 3 rings (SSSR count). The van der Waals surface area contributed by atoms with Crippen LogP contribution in [0.25, 0.3) is 0 Å². The number of nitrogens with zero attached hydrogens (tertiary/aromatic N) is 2. The summed E-state index contributed by atoms with van der Waals surface area (Å²) in [6.07, 6.45) is 3.59. The minimum atomic E-state index is 0.0263. The lowest BCUT2D eigenvalue weighted by molar-refractivity contribution is -0.116. The van der Waals surface area contributed by atoms with E-state index in [0.717, 1.165) is 12.3 Å². The number of rotatable bonds is 1. The average molecular weight is 265 g/mol. The van der Waals surface area contributed by atoms with Crippen molar-refractivity contribution in [3.8, 4) is 0 Å². The third-order valence-corrected chi connectivity index (χ3v) is 6.22. The van der Waals surface area contributed by atoms with E-state index in [1.807, 2.05) is 0 Å². The summed E-state index contributed by atoms with van der Waals surface area (Å²) in [5.41, 5.74) is 1.74. The van der Waals surface area contributed by atoms with Gasteiger partial charge in [0.1, 0.15) is 0 Å². The zero-order chi connectivity index (χ0) is 13.0. The number of carbonyl (C=O) groups excluding carboxylic acids is 1. The van der Waals surface area contributed by atoms with Crippen LogP contribution < -0.4 is 5.32 Å². The van der Waals surface area contributed by atoms with Gasteiger partial charge in [-0.25, -0.2) is 0 Å². The normalized spacial score (nSPS) is 41.9. The molecule has 0 aromatic carbocycles. The highest BCUT2D eigenvalue weighted by Gasteiger charge is 2.60. The molecule has 1 saturated heterocycles. The number of amidine groups is 1. The van der Waals surface area contributed by atoms with Crippen LogP contribution in [0.3, 0.4) is 0 Å². The molecule has 98 valence electrons. The Kier molecular flexibility index (Phi) is 2.59. The number of thioether (sulfide) groups is 1. The summed E-state index contributed by atoms with van der Waals surface area (Å²) in [7, 11) is 0. The topological polar surface area (TPSA) is 53.8 Å². The van der Waals surface area contributed by atoms with E-state index in [9.17, 15) is 4.79 Å². The van der Waals surface area contributed by atoms with Gasteiger partial charge < -0.3 is 5.32 Å². The summed E-state index contributed by atoms with van der Waals surface area (Å²) < 4.78 is 0. The van der Waals surface area contributed by atoms with Crippen molar-refractivity contribution in [2.45, 2.75) is 40.0 Å². The van der Waals surface area contributed by atoms with Gasteiger partial charge in [-0.05, 0) is 30.6 Å². The van der Waals surface area contributed by atoms with Gasteiger partial charge in [0.25, 0.3) is 0 Å². The molecule has 2 aliphatic carbocycles. The molecule has 1 aliphatic heterocycles. The number of carbonyl (C=O) groups is 1. The highest BCUT2D eigenvalue weighted by molar-refractivity contribution is 8.15. The van der Waals surface area contributed by atoms with E-state index in [0.29, 0.717) is 16.3 Å². The Morgan fingerprint density at radius 2 is 2.11 bits per heavy atom. The van der Waals surface area contributed by atoms with Crippen LogP contribution in [0, 0.1) is 16.7 Å². The van der Waals surface area contributed by atoms with Gasteiger partial charge in [0, 0.05) is 11.1 Å². The van der Waals surface area contributed by atoms with E-state index in [1.165, 1.54) is 30.3 Å². The smallest absolute Gasteiger partial charge is 0.236 e. The number of amides is 1. The quantitative estimate of drug-likeness (QED) is 0.740. The van der Waals surface area contributed by atoms with Crippen molar-refractivity contribution >= 4 is 28.5 Å². The molecule has 4 nitrogen and oxygen atoms in total. The fourth-order valence-electron chi connectivity index (χ4n) is 3.56. The minimum absolute atomic E-state index is 0.0263. The molecular weight excluding hydrogens is 246 g/mol. The first-order valence-electron chi connectivity index (χ1n) is 6.51. The van der Waals surface area contributed by atoms with Crippen LogP contribution in [0.5, 0.6) is 0 Å². The van der Waals surface area contributed by atoms with Crippen LogP contribution in [0.2, 0.25) is 0 Å². The summed E-state index contributed by atoms with van der Waals surface area (Å²) in [6, 6.07) is 0. The molecule has 1 N–H and O–H groups in total. The van der Waals surface area contributed by atoms with Gasteiger partial charge in [-0.2, -0.15) is 5.10 Å². The number of hydrogen-bond acceptors (Lipinski definition) is 4. The Bertz CT molecular complexity index is 469. The monoisotopic (exact) mass is 265 g/mol. The molecule has 1 amide bonds. The Labute approximate surface area is 112 Å². The second kappa shape index (κ2) is 3.83. The second-order valence-electron chi connectivity index (χ2n) is 6.28. The molecule has 2 atom stereocenters. The van der Waals surface area contributed by atoms with Gasteiger partial charge in [-0.3, -0.25) is 4.79 Å². The van der Waals surface area contributed by atoms with Crippen LogP contribution >= 0.6 is 11.8 Å². The van der Waals surface area contributed by atoms with Crippen molar-refractivity contribution in [2.75, 3.05) is 5.75 Å². The molecule has 3 aliphatic rings. The fraction of sp³-hybridized carbons (Fsp3) is 0.769.